The van der Waals surface area contributed by atoms with E-state index >= 15 is 0 Å². The first kappa shape index (κ1) is 13.7. The van der Waals surface area contributed by atoms with Crippen LogP contribution < -0.4 is 4.74 Å². The highest BCUT2D eigenvalue weighted by atomic mass is 32.1. The van der Waals surface area contributed by atoms with Crippen LogP contribution in [0.5, 0.6) is 5.75 Å². The number of thiazole rings is 1. The maximum atomic E-state index is 12.1. The number of hydrogen-bond donors (Lipinski definition) is 0. The normalized spacial score (nSPS) is 10.7. The molecule has 0 radical (unpaired) electrons. The summed E-state index contributed by atoms with van der Waals surface area (Å²) in [7, 11) is 3.53. The Morgan fingerprint density at radius 2 is 2.11 bits per heavy atom. The molecule has 0 saturated carbocycles. The minimum atomic E-state index is 0.0976. The van der Waals surface area contributed by atoms with Crippen molar-refractivity contribution in [2.45, 2.75) is 6.54 Å². The molecule has 5 heteroatoms. The lowest BCUT2D eigenvalue weighted by Crippen LogP contribution is -2.25. The zero-order valence-corrected chi connectivity index (χ0v) is 11.8. The van der Waals surface area contributed by atoms with Crippen LogP contribution in [0.2, 0.25) is 0 Å². The van der Waals surface area contributed by atoms with E-state index in [0.29, 0.717) is 18.7 Å². The Morgan fingerprint density at radius 3 is 2.68 bits per heavy atom. The number of likely N-dealkylation sites (N-methyl/N-ethyl adjacent to an activating group) is 1. The van der Waals surface area contributed by atoms with Crippen molar-refractivity contribution in [3.63, 3.8) is 0 Å². The van der Waals surface area contributed by atoms with Crippen molar-refractivity contribution >= 4 is 17.1 Å². The van der Waals surface area contributed by atoms with Crippen LogP contribution >= 0.6 is 11.3 Å². The number of Topliss-reactive ketones (excluding diaryl/α,β-unsaturated/α-hetero) is 1. The van der Waals surface area contributed by atoms with Crippen molar-refractivity contribution in [2.24, 2.45) is 0 Å². The predicted octanol–water partition coefficient (Wildman–Crippen LogP) is 2.47. The minimum absolute atomic E-state index is 0.0976. The second-order valence-corrected chi connectivity index (χ2v) is 5.02. The number of rotatable bonds is 6. The summed E-state index contributed by atoms with van der Waals surface area (Å²) in [5, 5.41) is 1.99. The van der Waals surface area contributed by atoms with E-state index in [-0.39, 0.29) is 5.78 Å². The molecular weight excluding hydrogens is 260 g/mol. The second kappa shape index (κ2) is 6.45. The molecule has 0 N–H and O–H groups in total. The molecule has 2 rings (SSSR count). The Morgan fingerprint density at radius 1 is 1.37 bits per heavy atom. The van der Waals surface area contributed by atoms with E-state index in [4.69, 9.17) is 4.74 Å². The molecule has 0 bridgehead atoms. The maximum Gasteiger partial charge on any atom is 0.176 e. The lowest BCUT2D eigenvalue weighted by Gasteiger charge is -2.14. The first-order valence-corrected chi connectivity index (χ1v) is 6.86. The molecule has 1 aromatic carbocycles. The SMILES string of the molecule is COc1ccc(C(=O)CN(C)Cc2cscn2)cc1. The van der Waals surface area contributed by atoms with Gasteiger partial charge in [-0.25, -0.2) is 4.98 Å². The molecule has 0 amide bonds. The quantitative estimate of drug-likeness (QED) is 0.760. The average molecular weight is 276 g/mol. The number of carbonyl (C=O) groups is 1. The number of nitrogens with zero attached hydrogens (tertiary/aromatic N) is 2. The third kappa shape index (κ3) is 3.87. The van der Waals surface area contributed by atoms with Gasteiger partial charge in [0.05, 0.1) is 24.9 Å². The highest BCUT2D eigenvalue weighted by molar-refractivity contribution is 7.07. The van der Waals surface area contributed by atoms with Crippen LogP contribution in [0.15, 0.2) is 35.2 Å². The lowest BCUT2D eigenvalue weighted by atomic mass is 10.1. The molecule has 4 nitrogen and oxygen atoms in total. The molecule has 0 unspecified atom stereocenters. The van der Waals surface area contributed by atoms with Gasteiger partial charge in [-0.1, -0.05) is 0 Å². The van der Waals surface area contributed by atoms with Crippen LogP contribution in [-0.4, -0.2) is 36.4 Å². The average Bonchev–Trinajstić information content (AvgIpc) is 2.91. The first-order chi connectivity index (χ1) is 9.19. The predicted molar refractivity (Wildman–Crippen MR) is 75.8 cm³/mol. The summed E-state index contributed by atoms with van der Waals surface area (Å²) in [5.41, 5.74) is 3.50. The van der Waals surface area contributed by atoms with Crippen molar-refractivity contribution < 1.29 is 9.53 Å². The summed E-state index contributed by atoms with van der Waals surface area (Å²) in [6.45, 7) is 1.06. The van der Waals surface area contributed by atoms with E-state index in [2.05, 4.69) is 4.98 Å². The Bertz CT molecular complexity index is 523. The third-order valence-corrected chi connectivity index (χ3v) is 3.38. The van der Waals surface area contributed by atoms with Crippen molar-refractivity contribution in [1.82, 2.24) is 9.88 Å². The standard InChI is InChI=1S/C14H16N2O2S/c1-16(7-12-9-19-10-15-12)8-14(17)11-3-5-13(18-2)6-4-11/h3-6,9-10H,7-8H2,1-2H3. The maximum absolute atomic E-state index is 12.1. The van der Waals surface area contributed by atoms with Gasteiger partial charge in [-0.15, -0.1) is 11.3 Å². The second-order valence-electron chi connectivity index (χ2n) is 4.30. The van der Waals surface area contributed by atoms with E-state index in [1.165, 1.54) is 0 Å². The van der Waals surface area contributed by atoms with Gasteiger partial charge in [-0.3, -0.25) is 9.69 Å². The Hall–Kier alpha value is -1.72. The number of ether oxygens (including phenoxy) is 1. The van der Waals surface area contributed by atoms with Gasteiger partial charge in [0.1, 0.15) is 5.75 Å². The van der Waals surface area contributed by atoms with Crippen molar-refractivity contribution in [2.75, 3.05) is 20.7 Å². The van der Waals surface area contributed by atoms with Crippen LogP contribution in [0.1, 0.15) is 16.1 Å². The fraction of sp³-hybridized carbons (Fsp3) is 0.286. The summed E-state index contributed by atoms with van der Waals surface area (Å²) in [6, 6.07) is 7.18. The smallest absolute Gasteiger partial charge is 0.176 e. The Kier molecular flexibility index (Phi) is 4.65. The summed E-state index contributed by atoms with van der Waals surface area (Å²) in [5.74, 6) is 0.854. The van der Waals surface area contributed by atoms with E-state index in [1.54, 1.807) is 48.2 Å². The summed E-state index contributed by atoms with van der Waals surface area (Å²) in [4.78, 5) is 18.3. The molecule has 100 valence electrons. The Balaban J connectivity index is 1.92. The number of ketones is 1. The van der Waals surface area contributed by atoms with Crippen LogP contribution in [0.4, 0.5) is 0 Å². The molecule has 0 spiro atoms. The van der Waals surface area contributed by atoms with E-state index in [1.807, 2.05) is 17.3 Å². The molecular formula is C14H16N2O2S. The van der Waals surface area contributed by atoms with Gasteiger partial charge in [-0.2, -0.15) is 0 Å². The molecule has 0 fully saturated rings. The first-order valence-electron chi connectivity index (χ1n) is 5.92. The molecule has 0 aliphatic rings. The fourth-order valence-corrected chi connectivity index (χ4v) is 2.31. The lowest BCUT2D eigenvalue weighted by molar-refractivity contribution is 0.0942. The zero-order chi connectivity index (χ0) is 13.7. The molecule has 0 saturated heterocycles. The van der Waals surface area contributed by atoms with E-state index < -0.39 is 0 Å². The topological polar surface area (TPSA) is 42.4 Å². The number of aromatic nitrogens is 1. The number of carbonyl (C=O) groups excluding carboxylic acids is 1. The van der Waals surface area contributed by atoms with Crippen LogP contribution in [0, 0.1) is 0 Å². The van der Waals surface area contributed by atoms with Crippen LogP contribution in [-0.2, 0) is 6.54 Å². The summed E-state index contributed by atoms with van der Waals surface area (Å²) in [6.07, 6.45) is 0. The number of hydrogen-bond acceptors (Lipinski definition) is 5. The molecule has 19 heavy (non-hydrogen) atoms. The van der Waals surface area contributed by atoms with Gasteiger partial charge in [0, 0.05) is 17.5 Å². The number of benzene rings is 1. The molecule has 2 aromatic rings. The molecule has 0 aliphatic heterocycles. The highest BCUT2D eigenvalue weighted by Gasteiger charge is 2.10. The zero-order valence-electron chi connectivity index (χ0n) is 11.0. The molecule has 1 aromatic heterocycles. The van der Waals surface area contributed by atoms with E-state index in [9.17, 15) is 4.79 Å². The van der Waals surface area contributed by atoms with Crippen molar-refractivity contribution in [1.29, 1.82) is 0 Å². The molecule has 0 aliphatic carbocycles. The van der Waals surface area contributed by atoms with Crippen LogP contribution in [0.25, 0.3) is 0 Å². The summed E-state index contributed by atoms with van der Waals surface area (Å²) >= 11 is 1.56. The van der Waals surface area contributed by atoms with Gasteiger partial charge in [0.15, 0.2) is 5.78 Å². The largest absolute Gasteiger partial charge is 0.497 e. The van der Waals surface area contributed by atoms with Crippen LogP contribution in [0.3, 0.4) is 0 Å². The van der Waals surface area contributed by atoms with E-state index in [0.717, 1.165) is 11.4 Å². The molecule has 1 heterocycles. The monoisotopic (exact) mass is 276 g/mol. The molecule has 0 atom stereocenters. The van der Waals surface area contributed by atoms with Gasteiger partial charge in [0.25, 0.3) is 0 Å². The Labute approximate surface area is 116 Å². The number of methoxy groups -OCH3 is 1. The third-order valence-electron chi connectivity index (χ3n) is 2.74. The fourth-order valence-electron chi connectivity index (χ4n) is 1.76. The van der Waals surface area contributed by atoms with Gasteiger partial charge in [-0.05, 0) is 31.3 Å². The van der Waals surface area contributed by atoms with Crippen molar-refractivity contribution in [3.05, 3.63) is 46.4 Å². The van der Waals surface area contributed by atoms with Gasteiger partial charge >= 0.3 is 0 Å². The summed E-state index contributed by atoms with van der Waals surface area (Å²) < 4.78 is 5.07. The highest BCUT2D eigenvalue weighted by Crippen LogP contribution is 2.12. The van der Waals surface area contributed by atoms with Crippen molar-refractivity contribution in [3.8, 4) is 5.75 Å². The van der Waals surface area contributed by atoms with Gasteiger partial charge < -0.3 is 4.74 Å². The van der Waals surface area contributed by atoms with Gasteiger partial charge in [0.2, 0.25) is 0 Å². The minimum Gasteiger partial charge on any atom is -0.497 e.